The first-order chi connectivity index (χ1) is 9.93. The third kappa shape index (κ3) is 9.83. The van der Waals surface area contributed by atoms with Crippen LogP contribution in [-0.2, 0) is 10.0 Å². The molecule has 22 heavy (non-hydrogen) atoms. The number of aliphatic imine (C=N–C) groups is 1. The maximum absolute atomic E-state index is 11.9. The van der Waals surface area contributed by atoms with E-state index in [1.54, 1.807) is 0 Å². The van der Waals surface area contributed by atoms with Gasteiger partial charge in [0.1, 0.15) is 0 Å². The molecule has 3 N–H and O–H groups in total. The van der Waals surface area contributed by atoms with Crippen molar-refractivity contribution in [2.24, 2.45) is 16.8 Å². The highest BCUT2D eigenvalue weighted by molar-refractivity contribution is 14.0. The third-order valence-electron chi connectivity index (χ3n) is 3.44. The van der Waals surface area contributed by atoms with Crippen LogP contribution in [0.2, 0.25) is 0 Å². The fraction of sp³-hybridized carbons (Fsp3) is 0.929. The Bertz CT molecular complexity index is 423. The van der Waals surface area contributed by atoms with Crippen LogP contribution in [0.25, 0.3) is 0 Å². The molecule has 6 nitrogen and oxygen atoms in total. The van der Waals surface area contributed by atoms with Crippen LogP contribution in [0.15, 0.2) is 4.99 Å². The maximum Gasteiger partial charge on any atom is 0.213 e. The van der Waals surface area contributed by atoms with Gasteiger partial charge in [0.05, 0.1) is 5.75 Å². The van der Waals surface area contributed by atoms with E-state index in [-0.39, 0.29) is 29.7 Å². The van der Waals surface area contributed by atoms with Gasteiger partial charge in [0.15, 0.2) is 5.96 Å². The van der Waals surface area contributed by atoms with Crippen LogP contribution >= 0.6 is 24.0 Å². The predicted molar refractivity (Wildman–Crippen MR) is 103 cm³/mol. The summed E-state index contributed by atoms with van der Waals surface area (Å²) in [6.07, 6.45) is 3.52. The van der Waals surface area contributed by atoms with E-state index in [2.05, 4.69) is 34.2 Å². The lowest BCUT2D eigenvalue weighted by atomic mass is 9.86. The Morgan fingerprint density at radius 1 is 1.27 bits per heavy atom. The second-order valence-electron chi connectivity index (χ2n) is 6.00. The number of sulfonamides is 1. The molecule has 0 aromatic rings. The minimum Gasteiger partial charge on any atom is -0.357 e. The molecule has 8 heteroatoms. The molecule has 1 aliphatic carbocycles. The van der Waals surface area contributed by atoms with Crippen molar-refractivity contribution in [3.63, 3.8) is 0 Å². The second-order valence-corrected chi connectivity index (χ2v) is 7.93. The first-order valence-corrected chi connectivity index (χ1v) is 9.57. The maximum atomic E-state index is 11.9. The summed E-state index contributed by atoms with van der Waals surface area (Å²) in [7, 11) is -3.19. The van der Waals surface area contributed by atoms with Crippen molar-refractivity contribution < 1.29 is 8.42 Å². The van der Waals surface area contributed by atoms with E-state index in [0.29, 0.717) is 30.9 Å². The highest BCUT2D eigenvalue weighted by Gasteiger charge is 2.19. The van der Waals surface area contributed by atoms with Crippen LogP contribution in [0, 0.1) is 11.8 Å². The molecule has 0 saturated heterocycles. The topological polar surface area (TPSA) is 82.6 Å². The van der Waals surface area contributed by atoms with E-state index in [0.717, 1.165) is 25.9 Å². The van der Waals surface area contributed by atoms with Crippen LogP contribution in [-0.4, -0.2) is 46.3 Å². The SMILES string of the molecule is CCNC(=NCC(C)C)NCCS(=O)(=O)NCC1CCC1.I. The van der Waals surface area contributed by atoms with Crippen molar-refractivity contribution in [3.8, 4) is 0 Å². The van der Waals surface area contributed by atoms with Gasteiger partial charge < -0.3 is 10.6 Å². The fourth-order valence-corrected chi connectivity index (χ4v) is 2.94. The molecular formula is C14H31IN4O2S. The van der Waals surface area contributed by atoms with E-state index >= 15 is 0 Å². The molecule has 1 fully saturated rings. The summed E-state index contributed by atoms with van der Waals surface area (Å²) < 4.78 is 26.4. The van der Waals surface area contributed by atoms with Gasteiger partial charge in [-0.3, -0.25) is 4.99 Å². The lowest BCUT2D eigenvalue weighted by molar-refractivity contribution is 0.316. The van der Waals surface area contributed by atoms with Crippen LogP contribution in [0.1, 0.15) is 40.0 Å². The number of nitrogens with zero attached hydrogens (tertiary/aromatic N) is 1. The lowest BCUT2D eigenvalue weighted by Gasteiger charge is -2.25. The van der Waals surface area contributed by atoms with E-state index in [4.69, 9.17) is 0 Å². The van der Waals surface area contributed by atoms with Crippen molar-refractivity contribution in [2.45, 2.75) is 40.0 Å². The van der Waals surface area contributed by atoms with Gasteiger partial charge in [0.25, 0.3) is 0 Å². The van der Waals surface area contributed by atoms with Crippen LogP contribution < -0.4 is 15.4 Å². The van der Waals surface area contributed by atoms with Gasteiger partial charge >= 0.3 is 0 Å². The van der Waals surface area contributed by atoms with Crippen LogP contribution in [0.3, 0.4) is 0 Å². The van der Waals surface area contributed by atoms with Crippen molar-refractivity contribution in [1.29, 1.82) is 0 Å². The van der Waals surface area contributed by atoms with E-state index in [1.807, 2.05) is 6.92 Å². The van der Waals surface area contributed by atoms with Gasteiger partial charge in [-0.2, -0.15) is 0 Å². The van der Waals surface area contributed by atoms with Gasteiger partial charge in [-0.25, -0.2) is 13.1 Å². The van der Waals surface area contributed by atoms with Crippen molar-refractivity contribution in [1.82, 2.24) is 15.4 Å². The summed E-state index contributed by atoms with van der Waals surface area (Å²) >= 11 is 0. The monoisotopic (exact) mass is 446 g/mol. The average molecular weight is 446 g/mol. The minimum atomic E-state index is -3.19. The molecule has 0 heterocycles. The summed E-state index contributed by atoms with van der Waals surface area (Å²) in [5.41, 5.74) is 0. The second kappa shape index (κ2) is 11.4. The van der Waals surface area contributed by atoms with E-state index < -0.39 is 10.0 Å². The Labute approximate surface area is 152 Å². The molecular weight excluding hydrogens is 415 g/mol. The fourth-order valence-electron chi connectivity index (χ4n) is 1.93. The van der Waals surface area contributed by atoms with Crippen molar-refractivity contribution in [2.75, 3.05) is 31.9 Å². The van der Waals surface area contributed by atoms with Gasteiger partial charge in [-0.1, -0.05) is 20.3 Å². The zero-order valence-electron chi connectivity index (χ0n) is 13.9. The highest BCUT2D eigenvalue weighted by atomic mass is 127. The number of halogens is 1. The molecule has 0 unspecified atom stereocenters. The number of nitrogens with one attached hydrogen (secondary N) is 3. The lowest BCUT2D eigenvalue weighted by Crippen LogP contribution is -2.42. The first kappa shape index (κ1) is 21.9. The van der Waals surface area contributed by atoms with Gasteiger partial charge in [-0.05, 0) is 31.6 Å². The van der Waals surface area contributed by atoms with E-state index in [9.17, 15) is 8.42 Å². The summed E-state index contributed by atoms with van der Waals surface area (Å²) in [5.74, 6) is 1.78. The van der Waals surface area contributed by atoms with Crippen LogP contribution in [0.4, 0.5) is 0 Å². The molecule has 0 amide bonds. The Hall–Kier alpha value is -0.0900. The number of rotatable bonds is 9. The molecule has 0 bridgehead atoms. The zero-order chi connectivity index (χ0) is 15.7. The number of hydrogen-bond acceptors (Lipinski definition) is 3. The molecule has 1 saturated carbocycles. The zero-order valence-corrected chi connectivity index (χ0v) is 17.0. The average Bonchev–Trinajstić information content (AvgIpc) is 2.33. The summed E-state index contributed by atoms with van der Waals surface area (Å²) in [6, 6.07) is 0. The predicted octanol–water partition coefficient (Wildman–Crippen LogP) is 1.53. The summed E-state index contributed by atoms with van der Waals surface area (Å²) in [5, 5.41) is 6.18. The Morgan fingerprint density at radius 3 is 2.45 bits per heavy atom. The molecule has 0 radical (unpaired) electrons. The summed E-state index contributed by atoms with van der Waals surface area (Å²) in [4.78, 5) is 4.41. The first-order valence-electron chi connectivity index (χ1n) is 7.92. The molecule has 1 rings (SSSR count). The quantitative estimate of drug-likeness (QED) is 0.285. The molecule has 0 aliphatic heterocycles. The van der Waals surface area contributed by atoms with Gasteiger partial charge in [0, 0.05) is 26.2 Å². The van der Waals surface area contributed by atoms with Crippen molar-refractivity contribution in [3.05, 3.63) is 0 Å². The minimum absolute atomic E-state index is 0. The molecule has 1 aliphatic rings. The number of hydrogen-bond donors (Lipinski definition) is 3. The third-order valence-corrected chi connectivity index (χ3v) is 4.79. The smallest absolute Gasteiger partial charge is 0.213 e. The highest BCUT2D eigenvalue weighted by Crippen LogP contribution is 2.25. The molecule has 132 valence electrons. The Morgan fingerprint density at radius 2 is 1.95 bits per heavy atom. The molecule has 0 spiro atoms. The molecule has 0 atom stereocenters. The van der Waals surface area contributed by atoms with E-state index in [1.165, 1.54) is 6.42 Å². The van der Waals surface area contributed by atoms with Gasteiger partial charge in [0.2, 0.25) is 10.0 Å². The Kier molecular flexibility index (Phi) is 11.4. The largest absolute Gasteiger partial charge is 0.357 e. The van der Waals surface area contributed by atoms with Crippen LogP contribution in [0.5, 0.6) is 0 Å². The number of guanidine groups is 1. The van der Waals surface area contributed by atoms with Gasteiger partial charge in [-0.15, -0.1) is 24.0 Å². The van der Waals surface area contributed by atoms with Crippen molar-refractivity contribution >= 4 is 40.0 Å². The normalized spacial score (nSPS) is 16.1. The Balaban J connectivity index is 0.00000441. The molecule has 0 aromatic carbocycles. The standard InChI is InChI=1S/C14H30N4O2S.HI/c1-4-15-14(17-10-12(2)3)16-8-9-21(19,20)18-11-13-6-5-7-13;/h12-13,18H,4-11H2,1-3H3,(H2,15,16,17);1H. The summed E-state index contributed by atoms with van der Waals surface area (Å²) in [6.45, 7) is 8.62. The molecule has 0 aromatic heterocycles.